The van der Waals surface area contributed by atoms with E-state index in [2.05, 4.69) is 141 Å². The number of rotatable bonds is 6. The van der Waals surface area contributed by atoms with Crippen LogP contribution in [-0.4, -0.2) is 70.2 Å². The second-order valence-corrected chi connectivity index (χ2v) is 18.8. The molecule has 0 radical (unpaired) electrons. The van der Waals surface area contributed by atoms with Crippen LogP contribution in [0.1, 0.15) is 27.0 Å². The van der Waals surface area contributed by atoms with Crippen molar-refractivity contribution in [1.29, 1.82) is 0 Å². The SMILES string of the molecule is CN(C)c1ccc(Cc2ccc(N(C)C)cc2Br)c(Br)c1.CN(C)c1ccc2c(c1)[Si](C)(C)c1cc(N(C)C)ccc1C2=O. The Balaban J connectivity index is 0.000000202. The summed E-state index contributed by atoms with van der Waals surface area (Å²) in [4.78, 5) is 21.4. The molecule has 0 unspecified atom stereocenters. The highest BCUT2D eigenvalue weighted by Crippen LogP contribution is 2.30. The molecule has 44 heavy (non-hydrogen) atoms. The van der Waals surface area contributed by atoms with E-state index in [0.29, 0.717) is 0 Å². The third-order valence-electron chi connectivity index (χ3n) is 8.36. The average Bonchev–Trinajstić information content (AvgIpc) is 2.97. The largest absolute Gasteiger partial charge is 0.378 e. The summed E-state index contributed by atoms with van der Waals surface area (Å²) in [6, 6.07) is 25.5. The molecule has 1 aliphatic rings. The van der Waals surface area contributed by atoms with Crippen LogP contribution in [0.25, 0.3) is 0 Å². The van der Waals surface area contributed by atoms with Crippen LogP contribution in [0.4, 0.5) is 22.7 Å². The molecular weight excluding hydrogens is 692 g/mol. The molecule has 0 spiro atoms. The normalized spacial score (nSPS) is 12.9. The summed E-state index contributed by atoms with van der Waals surface area (Å²) in [6.45, 7) is 4.69. The quantitative estimate of drug-likeness (QED) is 0.197. The minimum atomic E-state index is -1.90. The van der Waals surface area contributed by atoms with E-state index in [9.17, 15) is 4.79 Å². The van der Waals surface area contributed by atoms with Crippen molar-refractivity contribution in [3.63, 3.8) is 0 Å². The smallest absolute Gasteiger partial charge is 0.192 e. The molecule has 5 nitrogen and oxygen atoms in total. The molecule has 232 valence electrons. The van der Waals surface area contributed by atoms with Gasteiger partial charge in [0.1, 0.15) is 8.07 Å². The first kappa shape index (κ1) is 33.8. The highest BCUT2D eigenvalue weighted by molar-refractivity contribution is 9.10. The number of ketones is 1. The molecule has 4 aromatic rings. The number of carbonyl (C=O) groups is 1. The summed E-state index contributed by atoms with van der Waals surface area (Å²) >= 11 is 7.37. The predicted molar refractivity (Wildman–Crippen MR) is 201 cm³/mol. The zero-order valence-electron chi connectivity index (χ0n) is 27.6. The molecule has 1 aliphatic heterocycles. The molecule has 8 heteroatoms. The minimum absolute atomic E-state index is 0.164. The van der Waals surface area contributed by atoms with Crippen LogP contribution in [-0.2, 0) is 6.42 Å². The second kappa shape index (κ2) is 13.5. The zero-order chi connectivity index (χ0) is 32.5. The summed E-state index contributed by atoms with van der Waals surface area (Å²) in [6.07, 6.45) is 0.905. The first-order valence-electron chi connectivity index (χ1n) is 14.7. The molecule has 0 aromatic heterocycles. The maximum Gasteiger partial charge on any atom is 0.192 e. The molecule has 0 fully saturated rings. The van der Waals surface area contributed by atoms with E-state index >= 15 is 0 Å². The van der Waals surface area contributed by atoms with Crippen LogP contribution in [0.3, 0.4) is 0 Å². The van der Waals surface area contributed by atoms with E-state index in [1.165, 1.54) is 32.9 Å². The van der Waals surface area contributed by atoms with E-state index in [1.54, 1.807) is 0 Å². The van der Waals surface area contributed by atoms with Gasteiger partial charge in [0, 0.05) is 99.2 Å². The molecule has 4 aromatic carbocycles. The number of fused-ring (bicyclic) bond motifs is 2. The van der Waals surface area contributed by atoms with Crippen molar-refractivity contribution in [2.75, 3.05) is 76.0 Å². The van der Waals surface area contributed by atoms with Crippen LogP contribution in [0.5, 0.6) is 0 Å². The number of carbonyl (C=O) groups excluding carboxylic acids is 1. The lowest BCUT2D eigenvalue weighted by molar-refractivity contribution is 0.104. The topological polar surface area (TPSA) is 30.0 Å². The molecular formula is C36H44Br2N4OSi. The highest BCUT2D eigenvalue weighted by Gasteiger charge is 2.39. The Hall–Kier alpha value is -3.07. The standard InChI is InChI=1S/C19H24N2OSi.C17H20Br2N2/c1-20(2)13-7-9-15-17(11-13)23(5,6)18-12-14(21(3)4)8-10-16(18)19(15)22;1-20(2)14-7-5-12(16(18)10-14)9-13-6-8-15(21(3)4)11-17(13)19/h7-12H,1-6H3;5-8,10-11H,9H2,1-4H3. The molecule has 0 saturated carbocycles. The minimum Gasteiger partial charge on any atom is -0.378 e. The number of anilines is 4. The van der Waals surface area contributed by atoms with Gasteiger partial charge in [0.2, 0.25) is 0 Å². The van der Waals surface area contributed by atoms with E-state index < -0.39 is 8.07 Å². The van der Waals surface area contributed by atoms with Gasteiger partial charge in [-0.1, -0.05) is 57.1 Å². The summed E-state index contributed by atoms with van der Waals surface area (Å²) in [5.74, 6) is 0.164. The third kappa shape index (κ3) is 7.08. The first-order valence-corrected chi connectivity index (χ1v) is 19.3. The Labute approximate surface area is 281 Å². The van der Waals surface area contributed by atoms with E-state index in [0.717, 1.165) is 37.9 Å². The number of hydrogen-bond acceptors (Lipinski definition) is 5. The van der Waals surface area contributed by atoms with Gasteiger partial charge >= 0.3 is 0 Å². The fourth-order valence-corrected chi connectivity index (χ4v) is 9.52. The Morgan fingerprint density at radius 3 is 1.16 bits per heavy atom. The number of nitrogens with zero attached hydrogens (tertiary/aromatic N) is 4. The van der Waals surface area contributed by atoms with Crippen LogP contribution < -0.4 is 30.0 Å². The average molecular weight is 737 g/mol. The van der Waals surface area contributed by atoms with Crippen molar-refractivity contribution in [2.24, 2.45) is 0 Å². The summed E-state index contributed by atoms with van der Waals surface area (Å²) in [5.41, 5.74) is 9.07. The zero-order valence-corrected chi connectivity index (χ0v) is 31.8. The molecule has 0 N–H and O–H groups in total. The summed E-state index contributed by atoms with van der Waals surface area (Å²) in [5, 5.41) is 2.49. The number of benzene rings is 4. The monoisotopic (exact) mass is 734 g/mol. The summed E-state index contributed by atoms with van der Waals surface area (Å²) < 4.78 is 2.30. The number of halogens is 2. The van der Waals surface area contributed by atoms with E-state index in [-0.39, 0.29) is 5.78 Å². The van der Waals surface area contributed by atoms with Gasteiger partial charge in [-0.05, 0) is 88.6 Å². The van der Waals surface area contributed by atoms with E-state index in [4.69, 9.17) is 0 Å². The maximum absolute atomic E-state index is 13.0. The van der Waals surface area contributed by atoms with Crippen LogP contribution in [0.2, 0.25) is 13.1 Å². The molecule has 0 atom stereocenters. The first-order chi connectivity index (χ1) is 20.6. The highest BCUT2D eigenvalue weighted by atomic mass is 79.9. The van der Waals surface area contributed by atoms with Crippen molar-refractivity contribution in [2.45, 2.75) is 19.5 Å². The molecule has 0 aliphatic carbocycles. The van der Waals surface area contributed by atoms with Gasteiger partial charge in [0.05, 0.1) is 0 Å². The van der Waals surface area contributed by atoms with E-state index in [1.807, 2.05) is 52.5 Å². The Bertz CT molecular complexity index is 1560. The van der Waals surface area contributed by atoms with Crippen molar-refractivity contribution in [3.8, 4) is 0 Å². The van der Waals surface area contributed by atoms with Gasteiger partial charge < -0.3 is 19.6 Å². The lowest BCUT2D eigenvalue weighted by Gasteiger charge is -2.34. The summed E-state index contributed by atoms with van der Waals surface area (Å²) in [7, 11) is 14.5. The fraction of sp³-hybridized carbons (Fsp3) is 0.306. The van der Waals surface area contributed by atoms with Crippen molar-refractivity contribution in [1.82, 2.24) is 0 Å². The molecule has 0 amide bonds. The predicted octanol–water partition coefficient (Wildman–Crippen LogP) is 7.12. The van der Waals surface area contributed by atoms with Crippen LogP contribution in [0, 0.1) is 0 Å². The molecule has 0 saturated heterocycles. The van der Waals surface area contributed by atoms with Gasteiger partial charge in [0.25, 0.3) is 0 Å². The lowest BCUT2D eigenvalue weighted by Crippen LogP contribution is -2.60. The van der Waals surface area contributed by atoms with Crippen LogP contribution >= 0.6 is 31.9 Å². The van der Waals surface area contributed by atoms with Crippen molar-refractivity contribution >= 4 is 78.8 Å². The van der Waals surface area contributed by atoms with Gasteiger partial charge in [-0.25, -0.2) is 0 Å². The van der Waals surface area contributed by atoms with Crippen LogP contribution in [0.15, 0.2) is 81.7 Å². The third-order valence-corrected chi connectivity index (χ3v) is 13.4. The number of hydrogen-bond donors (Lipinski definition) is 0. The second-order valence-electron chi connectivity index (χ2n) is 12.7. The van der Waals surface area contributed by atoms with Crippen molar-refractivity contribution in [3.05, 3.63) is 104 Å². The van der Waals surface area contributed by atoms with Gasteiger partial charge in [0.15, 0.2) is 5.78 Å². The molecule has 5 rings (SSSR count). The Morgan fingerprint density at radius 1 is 0.523 bits per heavy atom. The van der Waals surface area contributed by atoms with Crippen molar-refractivity contribution < 1.29 is 4.79 Å². The van der Waals surface area contributed by atoms with Gasteiger partial charge in [-0.3, -0.25) is 4.79 Å². The Kier molecular flexibility index (Phi) is 10.4. The van der Waals surface area contributed by atoms with Gasteiger partial charge in [-0.15, -0.1) is 0 Å². The Morgan fingerprint density at radius 2 is 0.841 bits per heavy atom. The molecule has 0 bridgehead atoms. The molecule has 1 heterocycles. The van der Waals surface area contributed by atoms with Gasteiger partial charge in [-0.2, -0.15) is 0 Å². The fourth-order valence-electron chi connectivity index (χ4n) is 5.46. The maximum atomic E-state index is 13.0. The lowest BCUT2D eigenvalue weighted by atomic mass is 10.0.